The fourth-order valence-electron chi connectivity index (χ4n) is 1.53. The molecule has 4 heteroatoms. The van der Waals surface area contributed by atoms with Gasteiger partial charge in [0.1, 0.15) is 5.82 Å². The molecule has 4 N–H and O–H groups in total. The summed E-state index contributed by atoms with van der Waals surface area (Å²) in [6.07, 6.45) is 2.15. The quantitative estimate of drug-likeness (QED) is 0.739. The normalized spacial score (nSPS) is 15.6. The molecule has 0 radical (unpaired) electrons. The van der Waals surface area contributed by atoms with Crippen LogP contribution in [0.25, 0.3) is 0 Å². The number of hydrogen-bond acceptors (Lipinski definition) is 4. The molecule has 1 aromatic rings. The number of nitrogens with zero attached hydrogens (tertiary/aromatic N) is 1. The molecule has 0 saturated heterocycles. The summed E-state index contributed by atoms with van der Waals surface area (Å²) < 4.78 is 0. The number of β-amino-alcohol motifs (C(OH)–C–C–N with tert-alkyl or cyclic N) is 1. The van der Waals surface area contributed by atoms with Crippen LogP contribution in [0.3, 0.4) is 0 Å². The fourth-order valence-corrected chi connectivity index (χ4v) is 1.53. The molecule has 0 amide bonds. The van der Waals surface area contributed by atoms with E-state index in [0.717, 1.165) is 5.56 Å². The maximum Gasteiger partial charge on any atom is 0.126 e. The molecule has 1 aromatic heterocycles. The SMILES string of the molecule is CC(O)(CNC(C)(C)C)Cc1cccnc1N. The summed E-state index contributed by atoms with van der Waals surface area (Å²) in [5.41, 5.74) is 5.81. The van der Waals surface area contributed by atoms with Crippen LogP contribution in [0.2, 0.25) is 0 Å². The molecule has 0 aliphatic rings. The molecule has 1 rings (SSSR count). The Bertz CT molecular complexity index is 369. The van der Waals surface area contributed by atoms with Crippen LogP contribution in [-0.4, -0.2) is 27.8 Å². The number of rotatable bonds is 4. The Morgan fingerprint density at radius 3 is 2.53 bits per heavy atom. The minimum Gasteiger partial charge on any atom is -0.389 e. The van der Waals surface area contributed by atoms with Crippen molar-refractivity contribution in [2.45, 2.75) is 45.3 Å². The number of aliphatic hydroxyl groups is 1. The highest BCUT2D eigenvalue weighted by Gasteiger charge is 2.24. The zero-order chi connectivity index (χ0) is 13.1. The number of pyridine rings is 1. The summed E-state index contributed by atoms with van der Waals surface area (Å²) in [6.45, 7) is 8.54. The molecular weight excluding hydrogens is 214 g/mol. The van der Waals surface area contributed by atoms with E-state index in [1.54, 1.807) is 13.1 Å². The van der Waals surface area contributed by atoms with Crippen LogP contribution in [0.1, 0.15) is 33.3 Å². The smallest absolute Gasteiger partial charge is 0.126 e. The summed E-state index contributed by atoms with van der Waals surface area (Å²) in [6, 6.07) is 3.73. The van der Waals surface area contributed by atoms with E-state index in [9.17, 15) is 5.11 Å². The second kappa shape index (κ2) is 5.02. The van der Waals surface area contributed by atoms with Crippen LogP contribution in [-0.2, 0) is 6.42 Å². The molecule has 0 spiro atoms. The highest BCUT2D eigenvalue weighted by Crippen LogP contribution is 2.17. The Balaban J connectivity index is 2.64. The zero-order valence-corrected chi connectivity index (χ0v) is 11.1. The summed E-state index contributed by atoms with van der Waals surface area (Å²) in [7, 11) is 0. The van der Waals surface area contributed by atoms with Crippen LogP contribution in [0.4, 0.5) is 5.82 Å². The molecule has 17 heavy (non-hydrogen) atoms. The van der Waals surface area contributed by atoms with E-state index in [4.69, 9.17) is 5.73 Å². The Kier molecular flexibility index (Phi) is 4.11. The van der Waals surface area contributed by atoms with Crippen molar-refractivity contribution < 1.29 is 5.11 Å². The van der Waals surface area contributed by atoms with Gasteiger partial charge in [-0.2, -0.15) is 0 Å². The number of nitrogens with one attached hydrogen (secondary N) is 1. The summed E-state index contributed by atoms with van der Waals surface area (Å²) in [4.78, 5) is 4.02. The summed E-state index contributed by atoms with van der Waals surface area (Å²) >= 11 is 0. The van der Waals surface area contributed by atoms with Crippen molar-refractivity contribution in [3.63, 3.8) is 0 Å². The highest BCUT2D eigenvalue weighted by atomic mass is 16.3. The summed E-state index contributed by atoms with van der Waals surface area (Å²) in [5, 5.41) is 13.6. The summed E-state index contributed by atoms with van der Waals surface area (Å²) in [5.74, 6) is 0.489. The molecule has 0 aliphatic heterocycles. The van der Waals surface area contributed by atoms with E-state index in [1.807, 2.05) is 12.1 Å². The Labute approximate surface area is 103 Å². The van der Waals surface area contributed by atoms with Gasteiger partial charge in [-0.1, -0.05) is 6.07 Å². The van der Waals surface area contributed by atoms with Crippen molar-refractivity contribution >= 4 is 5.82 Å². The minimum absolute atomic E-state index is 0.00945. The van der Waals surface area contributed by atoms with Crippen molar-refractivity contribution in [1.82, 2.24) is 10.3 Å². The average Bonchev–Trinajstić information content (AvgIpc) is 2.18. The lowest BCUT2D eigenvalue weighted by atomic mass is 9.95. The number of nitrogen functional groups attached to an aromatic ring is 1. The molecule has 1 atom stereocenters. The first-order valence-electron chi connectivity index (χ1n) is 5.86. The van der Waals surface area contributed by atoms with Gasteiger partial charge in [-0.15, -0.1) is 0 Å². The Hall–Kier alpha value is -1.13. The maximum absolute atomic E-state index is 10.3. The van der Waals surface area contributed by atoms with Gasteiger partial charge < -0.3 is 16.2 Å². The second-order valence-electron chi connectivity index (χ2n) is 5.83. The van der Waals surface area contributed by atoms with Crippen molar-refractivity contribution in [2.75, 3.05) is 12.3 Å². The molecule has 0 bridgehead atoms. The molecule has 0 aliphatic carbocycles. The standard InChI is InChI=1S/C13H23N3O/c1-12(2,3)16-9-13(4,17)8-10-6-5-7-15-11(10)14/h5-7,16-17H,8-9H2,1-4H3,(H2,14,15). The predicted octanol–water partition coefficient (Wildman–Crippen LogP) is 1.35. The van der Waals surface area contributed by atoms with Crippen molar-refractivity contribution in [1.29, 1.82) is 0 Å². The molecule has 1 unspecified atom stereocenters. The van der Waals surface area contributed by atoms with Gasteiger partial charge in [0.05, 0.1) is 5.60 Å². The molecule has 1 heterocycles. The molecule has 4 nitrogen and oxygen atoms in total. The molecule has 0 fully saturated rings. The fraction of sp³-hybridized carbons (Fsp3) is 0.615. The van der Waals surface area contributed by atoms with E-state index < -0.39 is 5.60 Å². The van der Waals surface area contributed by atoms with Gasteiger partial charge in [0.15, 0.2) is 0 Å². The molecule has 0 aromatic carbocycles. The lowest BCUT2D eigenvalue weighted by Gasteiger charge is -2.29. The number of hydrogen-bond donors (Lipinski definition) is 3. The van der Waals surface area contributed by atoms with Crippen LogP contribution >= 0.6 is 0 Å². The van der Waals surface area contributed by atoms with Gasteiger partial charge in [0.25, 0.3) is 0 Å². The topological polar surface area (TPSA) is 71.2 Å². The van der Waals surface area contributed by atoms with Crippen LogP contribution in [0.5, 0.6) is 0 Å². The molecule has 96 valence electrons. The van der Waals surface area contributed by atoms with Crippen molar-refractivity contribution in [3.05, 3.63) is 23.9 Å². The Morgan fingerprint density at radius 1 is 1.35 bits per heavy atom. The number of aromatic nitrogens is 1. The first-order chi connectivity index (χ1) is 7.70. The van der Waals surface area contributed by atoms with Crippen molar-refractivity contribution in [2.24, 2.45) is 0 Å². The number of nitrogens with two attached hydrogens (primary N) is 1. The van der Waals surface area contributed by atoms with Gasteiger partial charge in [-0.25, -0.2) is 4.98 Å². The highest BCUT2D eigenvalue weighted by molar-refractivity contribution is 5.39. The largest absolute Gasteiger partial charge is 0.389 e. The van der Waals surface area contributed by atoms with E-state index in [0.29, 0.717) is 18.8 Å². The van der Waals surface area contributed by atoms with E-state index in [1.165, 1.54) is 0 Å². The van der Waals surface area contributed by atoms with Crippen LogP contribution in [0.15, 0.2) is 18.3 Å². The molecule has 0 saturated carbocycles. The lowest BCUT2D eigenvalue weighted by Crippen LogP contribution is -2.47. The average molecular weight is 237 g/mol. The van der Waals surface area contributed by atoms with E-state index >= 15 is 0 Å². The zero-order valence-electron chi connectivity index (χ0n) is 11.1. The van der Waals surface area contributed by atoms with Gasteiger partial charge in [0.2, 0.25) is 0 Å². The monoisotopic (exact) mass is 237 g/mol. The maximum atomic E-state index is 10.3. The third-order valence-corrected chi connectivity index (χ3v) is 2.50. The van der Waals surface area contributed by atoms with Gasteiger partial charge >= 0.3 is 0 Å². The van der Waals surface area contributed by atoms with Gasteiger partial charge in [-0.05, 0) is 39.3 Å². The molecular formula is C13H23N3O. The van der Waals surface area contributed by atoms with Crippen molar-refractivity contribution in [3.8, 4) is 0 Å². The van der Waals surface area contributed by atoms with Crippen LogP contribution < -0.4 is 11.1 Å². The van der Waals surface area contributed by atoms with Crippen LogP contribution in [0, 0.1) is 0 Å². The van der Waals surface area contributed by atoms with Gasteiger partial charge in [-0.3, -0.25) is 0 Å². The minimum atomic E-state index is -0.829. The first kappa shape index (κ1) is 13.9. The Morgan fingerprint density at radius 2 is 2.00 bits per heavy atom. The van der Waals surface area contributed by atoms with Gasteiger partial charge in [0, 0.05) is 24.7 Å². The third kappa shape index (κ3) is 5.15. The third-order valence-electron chi connectivity index (χ3n) is 2.50. The lowest BCUT2D eigenvalue weighted by molar-refractivity contribution is 0.0535. The predicted molar refractivity (Wildman–Crippen MR) is 70.7 cm³/mol. The first-order valence-corrected chi connectivity index (χ1v) is 5.86. The second-order valence-corrected chi connectivity index (χ2v) is 5.83. The number of anilines is 1. The van der Waals surface area contributed by atoms with E-state index in [-0.39, 0.29) is 5.54 Å². The van der Waals surface area contributed by atoms with E-state index in [2.05, 4.69) is 31.1 Å².